The Hall–Kier alpha value is -3.32. The molecule has 7 heteroatoms. The van der Waals surface area contributed by atoms with Gasteiger partial charge >= 0.3 is 11.9 Å². The van der Waals surface area contributed by atoms with Crippen molar-refractivity contribution in [2.45, 2.75) is 77.1 Å². The van der Waals surface area contributed by atoms with E-state index in [1.165, 1.54) is 25.3 Å². The first-order chi connectivity index (χ1) is 17.4. The molecule has 1 fully saturated rings. The van der Waals surface area contributed by atoms with E-state index in [-0.39, 0.29) is 24.8 Å². The number of anilines is 2. The molecular weight excluding hydrogens is 456 g/mol. The van der Waals surface area contributed by atoms with Crippen LogP contribution in [0.1, 0.15) is 79.8 Å². The Kier molecular flexibility index (Phi) is 10.8. The lowest BCUT2D eigenvalue weighted by Gasteiger charge is -2.28. The van der Waals surface area contributed by atoms with Crippen LogP contribution in [-0.2, 0) is 25.6 Å². The highest BCUT2D eigenvalue weighted by Crippen LogP contribution is 2.25. The normalized spacial score (nSPS) is 17.7. The number of nitrogen functional groups attached to an aromatic ring is 2. The molecule has 0 amide bonds. The number of esters is 2. The van der Waals surface area contributed by atoms with Gasteiger partial charge in [-0.3, -0.25) is 0 Å². The van der Waals surface area contributed by atoms with Gasteiger partial charge < -0.3 is 25.7 Å². The van der Waals surface area contributed by atoms with E-state index in [1.54, 1.807) is 48.5 Å². The van der Waals surface area contributed by atoms with E-state index in [4.69, 9.17) is 25.7 Å². The Balaban J connectivity index is 1.38. The number of carbonyl (C=O) groups is 2. The zero-order valence-corrected chi connectivity index (χ0v) is 21.1. The second-order valence-electron chi connectivity index (χ2n) is 9.31. The van der Waals surface area contributed by atoms with E-state index in [0.717, 1.165) is 49.8 Å². The van der Waals surface area contributed by atoms with Crippen molar-refractivity contribution >= 4 is 29.4 Å². The third kappa shape index (κ3) is 9.38. The van der Waals surface area contributed by atoms with Gasteiger partial charge in [-0.05, 0) is 79.6 Å². The molecule has 0 atom stereocenters. The van der Waals surface area contributed by atoms with Gasteiger partial charge in [0.05, 0.1) is 11.7 Å². The summed E-state index contributed by atoms with van der Waals surface area (Å²) in [6, 6.07) is 12.0. The van der Waals surface area contributed by atoms with Gasteiger partial charge in [0, 0.05) is 24.1 Å². The van der Waals surface area contributed by atoms with Crippen LogP contribution in [0.25, 0.3) is 6.08 Å². The molecule has 0 unspecified atom stereocenters. The monoisotopic (exact) mass is 494 g/mol. The third-order valence-electron chi connectivity index (χ3n) is 6.22. The van der Waals surface area contributed by atoms with Gasteiger partial charge in [-0.1, -0.05) is 38.3 Å². The van der Waals surface area contributed by atoms with E-state index < -0.39 is 5.97 Å². The van der Waals surface area contributed by atoms with E-state index >= 15 is 0 Å². The van der Waals surface area contributed by atoms with Gasteiger partial charge in [-0.15, -0.1) is 0 Å². The number of benzene rings is 2. The molecule has 194 valence electrons. The summed E-state index contributed by atoms with van der Waals surface area (Å²) >= 11 is 0. The number of ether oxygens (including phenoxy) is 3. The minimum Gasteiger partial charge on any atom is -0.459 e. The predicted octanol–water partition coefficient (Wildman–Crippen LogP) is 5.67. The average molecular weight is 495 g/mol. The third-order valence-corrected chi connectivity index (χ3v) is 6.22. The maximum absolute atomic E-state index is 12.5. The fourth-order valence-electron chi connectivity index (χ4n) is 4.24. The van der Waals surface area contributed by atoms with Gasteiger partial charge in [-0.25, -0.2) is 9.59 Å². The quantitative estimate of drug-likeness (QED) is 0.169. The number of rotatable bonds is 12. The van der Waals surface area contributed by atoms with Crippen LogP contribution >= 0.6 is 0 Å². The highest BCUT2D eigenvalue weighted by atomic mass is 16.5. The van der Waals surface area contributed by atoms with Crippen LogP contribution in [0, 0.1) is 0 Å². The average Bonchev–Trinajstić information content (AvgIpc) is 2.87. The van der Waals surface area contributed by atoms with Crippen molar-refractivity contribution in [2.75, 3.05) is 18.1 Å². The maximum Gasteiger partial charge on any atom is 0.338 e. The molecule has 0 aliphatic heterocycles. The van der Waals surface area contributed by atoms with E-state index in [2.05, 4.69) is 6.92 Å². The van der Waals surface area contributed by atoms with E-state index in [0.29, 0.717) is 16.9 Å². The Morgan fingerprint density at radius 1 is 0.917 bits per heavy atom. The van der Waals surface area contributed by atoms with Crippen LogP contribution in [-0.4, -0.2) is 30.8 Å². The summed E-state index contributed by atoms with van der Waals surface area (Å²) in [5.41, 5.74) is 14.5. The minimum atomic E-state index is -0.486. The first kappa shape index (κ1) is 27.3. The van der Waals surface area contributed by atoms with Crippen molar-refractivity contribution in [1.82, 2.24) is 0 Å². The van der Waals surface area contributed by atoms with Crippen LogP contribution in [0.3, 0.4) is 0 Å². The topological polar surface area (TPSA) is 114 Å². The molecule has 1 aliphatic carbocycles. The summed E-state index contributed by atoms with van der Waals surface area (Å²) < 4.78 is 16.9. The smallest absolute Gasteiger partial charge is 0.338 e. The minimum absolute atomic E-state index is 0.0675. The second-order valence-corrected chi connectivity index (χ2v) is 9.31. The van der Waals surface area contributed by atoms with Crippen LogP contribution in [0.4, 0.5) is 11.4 Å². The Morgan fingerprint density at radius 3 is 2.25 bits per heavy atom. The lowest BCUT2D eigenvalue weighted by atomic mass is 9.95. The highest BCUT2D eigenvalue weighted by Gasteiger charge is 2.24. The van der Waals surface area contributed by atoms with Crippen LogP contribution < -0.4 is 11.5 Å². The first-order valence-corrected chi connectivity index (χ1v) is 12.9. The Bertz CT molecular complexity index is 991. The Labute approximate surface area is 213 Å². The summed E-state index contributed by atoms with van der Waals surface area (Å²) in [6.07, 6.45) is 11.5. The molecule has 2 aromatic carbocycles. The predicted molar refractivity (Wildman–Crippen MR) is 142 cm³/mol. The summed E-state index contributed by atoms with van der Waals surface area (Å²) in [5.74, 6) is -0.810. The summed E-state index contributed by atoms with van der Waals surface area (Å²) in [6.45, 7) is 3.11. The van der Waals surface area contributed by atoms with Crippen molar-refractivity contribution in [3.63, 3.8) is 0 Å². The van der Waals surface area contributed by atoms with Crippen LogP contribution in [0.5, 0.6) is 0 Å². The van der Waals surface area contributed by atoms with Gasteiger partial charge in [0.15, 0.2) is 0 Å². The summed E-state index contributed by atoms with van der Waals surface area (Å²) in [5, 5.41) is 0. The second kappa shape index (κ2) is 14.3. The molecule has 1 aliphatic rings. The Morgan fingerprint density at radius 2 is 1.58 bits per heavy atom. The molecule has 0 aromatic heterocycles. The van der Waals surface area contributed by atoms with Crippen molar-refractivity contribution in [1.29, 1.82) is 0 Å². The van der Waals surface area contributed by atoms with Crippen LogP contribution in [0.2, 0.25) is 0 Å². The standard InChI is InChI=1S/C29H38N2O5/c1-2-3-4-5-16-34-26-11-13-27(14-12-26)36-29(33)23-9-6-21(7-10-23)8-15-28(32)35-20-22-17-24(30)19-25(31)18-22/h6-10,15,17-19,26-27H,2-5,11-14,16,20,30-31H2,1H3. The lowest BCUT2D eigenvalue weighted by Crippen LogP contribution is -2.28. The van der Waals surface area contributed by atoms with Crippen LogP contribution in [0.15, 0.2) is 48.5 Å². The van der Waals surface area contributed by atoms with Crippen molar-refractivity contribution in [3.8, 4) is 0 Å². The number of nitrogens with two attached hydrogens (primary N) is 2. The lowest BCUT2D eigenvalue weighted by molar-refractivity contribution is -0.138. The van der Waals surface area contributed by atoms with Gasteiger partial charge in [0.1, 0.15) is 12.7 Å². The molecule has 3 rings (SSSR count). The largest absolute Gasteiger partial charge is 0.459 e. The summed E-state index contributed by atoms with van der Waals surface area (Å²) in [7, 11) is 0. The summed E-state index contributed by atoms with van der Waals surface area (Å²) in [4.78, 5) is 24.6. The zero-order valence-electron chi connectivity index (χ0n) is 21.1. The molecular formula is C29H38N2O5. The molecule has 0 saturated heterocycles. The number of carbonyl (C=O) groups excluding carboxylic acids is 2. The first-order valence-electron chi connectivity index (χ1n) is 12.9. The molecule has 1 saturated carbocycles. The van der Waals surface area contributed by atoms with Crippen molar-refractivity contribution in [3.05, 3.63) is 65.2 Å². The zero-order chi connectivity index (χ0) is 25.8. The molecule has 36 heavy (non-hydrogen) atoms. The maximum atomic E-state index is 12.5. The highest BCUT2D eigenvalue weighted by molar-refractivity contribution is 5.90. The number of hydrogen-bond acceptors (Lipinski definition) is 7. The molecule has 7 nitrogen and oxygen atoms in total. The fraction of sp³-hybridized carbons (Fsp3) is 0.448. The van der Waals surface area contributed by atoms with Crippen molar-refractivity contribution < 1.29 is 23.8 Å². The number of hydrogen-bond donors (Lipinski definition) is 2. The molecule has 0 bridgehead atoms. The molecule has 0 radical (unpaired) electrons. The van der Waals surface area contributed by atoms with Gasteiger partial charge in [-0.2, -0.15) is 0 Å². The van der Waals surface area contributed by atoms with Crippen molar-refractivity contribution in [2.24, 2.45) is 0 Å². The molecule has 4 N–H and O–H groups in total. The van der Waals surface area contributed by atoms with Gasteiger partial charge in [0.25, 0.3) is 0 Å². The molecule has 0 spiro atoms. The van der Waals surface area contributed by atoms with E-state index in [9.17, 15) is 9.59 Å². The van der Waals surface area contributed by atoms with E-state index in [1.807, 2.05) is 0 Å². The SMILES string of the molecule is CCCCCCOC1CCC(OC(=O)c2ccc(C=CC(=O)OCc3cc(N)cc(N)c3)cc2)CC1. The fourth-order valence-corrected chi connectivity index (χ4v) is 4.24. The number of unbranched alkanes of at least 4 members (excludes halogenated alkanes) is 3. The molecule has 0 heterocycles. The molecule has 2 aromatic rings. The van der Waals surface area contributed by atoms with Gasteiger partial charge in [0.2, 0.25) is 0 Å².